The normalized spacial score (nSPS) is 13.3. The van der Waals surface area contributed by atoms with Crippen LogP contribution < -0.4 is 10.2 Å². The third-order valence-corrected chi connectivity index (χ3v) is 3.85. The van der Waals surface area contributed by atoms with Crippen LogP contribution >= 0.6 is 34.8 Å². The minimum atomic E-state index is -1.55. The van der Waals surface area contributed by atoms with Gasteiger partial charge in [-0.25, -0.2) is 0 Å². The fourth-order valence-corrected chi connectivity index (χ4v) is 2.70. The fraction of sp³-hybridized carbons (Fsp3) is 0.500. The average molecular weight is 339 g/mol. The van der Waals surface area contributed by atoms with Crippen molar-refractivity contribution in [2.24, 2.45) is 0 Å². The van der Waals surface area contributed by atoms with Crippen LogP contribution in [-0.4, -0.2) is 29.0 Å². The fourth-order valence-electron chi connectivity index (χ4n) is 2.07. The zero-order valence-corrected chi connectivity index (χ0v) is 14.1. The minimum absolute atomic E-state index is 0.232. The number of aryl methyl sites for hydroxylation is 1. The highest BCUT2D eigenvalue weighted by Gasteiger charge is 2.41. The van der Waals surface area contributed by atoms with Gasteiger partial charge >= 0.3 is 0 Å². The molecule has 0 aliphatic carbocycles. The number of halogens is 3. The summed E-state index contributed by atoms with van der Waals surface area (Å²) in [4.78, 5) is 13.3. The van der Waals surface area contributed by atoms with Gasteiger partial charge in [-0.2, -0.15) is 0 Å². The molecule has 1 aromatic rings. The van der Waals surface area contributed by atoms with Gasteiger partial charge in [-0.05, 0) is 32.9 Å². The van der Waals surface area contributed by atoms with Crippen LogP contribution in [0.2, 0.25) is 0 Å². The summed E-state index contributed by atoms with van der Waals surface area (Å²) >= 11 is 18.0. The van der Waals surface area contributed by atoms with E-state index in [1.807, 2.05) is 39.0 Å². The first-order valence-corrected chi connectivity index (χ1v) is 7.71. The van der Waals surface area contributed by atoms with Gasteiger partial charge in [-0.3, -0.25) is 10.1 Å². The first-order chi connectivity index (χ1) is 9.29. The number of amides is 1. The molecule has 2 N–H and O–H groups in total. The Kier molecular flexibility index (Phi) is 6.59. The predicted octanol–water partition coefficient (Wildman–Crippen LogP) is 2.35. The number of quaternary nitrogens is 1. The van der Waals surface area contributed by atoms with E-state index in [2.05, 4.69) is 5.32 Å². The van der Waals surface area contributed by atoms with E-state index in [0.717, 1.165) is 23.6 Å². The molecular weight excluding hydrogens is 319 g/mol. The van der Waals surface area contributed by atoms with Crippen LogP contribution in [0, 0.1) is 6.92 Å². The van der Waals surface area contributed by atoms with Crippen molar-refractivity contribution in [3.63, 3.8) is 0 Å². The molecule has 0 saturated heterocycles. The van der Waals surface area contributed by atoms with Crippen LogP contribution in [0.25, 0.3) is 0 Å². The van der Waals surface area contributed by atoms with Crippen molar-refractivity contribution in [2.75, 3.05) is 13.1 Å². The molecule has 6 heteroatoms. The summed E-state index contributed by atoms with van der Waals surface area (Å²) in [7, 11) is 0. The lowest BCUT2D eigenvalue weighted by Crippen LogP contribution is -3.18. The largest absolute Gasteiger partial charge is 0.312 e. The summed E-state index contributed by atoms with van der Waals surface area (Å²) in [5, 5.41) is 2.83. The number of hydrogen-bond donors (Lipinski definition) is 2. The van der Waals surface area contributed by atoms with Gasteiger partial charge in [0, 0.05) is 5.56 Å². The van der Waals surface area contributed by atoms with E-state index in [1.165, 1.54) is 0 Å². The van der Waals surface area contributed by atoms with Gasteiger partial charge in [0.2, 0.25) is 6.17 Å². The van der Waals surface area contributed by atoms with Crippen LogP contribution in [0.5, 0.6) is 0 Å². The Morgan fingerprint density at radius 3 is 2.35 bits per heavy atom. The van der Waals surface area contributed by atoms with Gasteiger partial charge in [-0.15, -0.1) is 0 Å². The summed E-state index contributed by atoms with van der Waals surface area (Å²) in [6.07, 6.45) is -0.587. The monoisotopic (exact) mass is 337 g/mol. The molecule has 1 rings (SSSR count). The molecule has 112 valence electrons. The van der Waals surface area contributed by atoms with Gasteiger partial charge < -0.3 is 4.90 Å². The molecular formula is C14H20Cl3N2O+. The van der Waals surface area contributed by atoms with Crippen molar-refractivity contribution in [1.82, 2.24) is 5.32 Å². The zero-order chi connectivity index (χ0) is 15.3. The van der Waals surface area contributed by atoms with Gasteiger partial charge in [-0.1, -0.05) is 52.5 Å². The average Bonchev–Trinajstić information content (AvgIpc) is 2.37. The highest BCUT2D eigenvalue weighted by molar-refractivity contribution is 6.68. The first kappa shape index (κ1) is 17.6. The third kappa shape index (κ3) is 4.81. The maximum Gasteiger partial charge on any atom is 0.262 e. The summed E-state index contributed by atoms with van der Waals surface area (Å²) in [6.45, 7) is 7.41. The maximum absolute atomic E-state index is 12.3. The zero-order valence-electron chi connectivity index (χ0n) is 11.8. The van der Waals surface area contributed by atoms with Crippen LogP contribution in [-0.2, 0) is 0 Å². The Bertz CT molecular complexity index is 456. The maximum atomic E-state index is 12.3. The van der Waals surface area contributed by atoms with E-state index < -0.39 is 9.96 Å². The Balaban J connectivity index is 2.93. The number of carbonyl (C=O) groups excluding carboxylic acids is 1. The lowest BCUT2D eigenvalue weighted by atomic mass is 10.1. The molecule has 1 atom stereocenters. The Morgan fingerprint density at radius 2 is 1.90 bits per heavy atom. The van der Waals surface area contributed by atoms with Crippen molar-refractivity contribution in [3.8, 4) is 0 Å². The molecule has 0 aliphatic heterocycles. The Labute approximate surface area is 135 Å². The molecule has 0 aromatic heterocycles. The topological polar surface area (TPSA) is 33.5 Å². The number of hydrogen-bond acceptors (Lipinski definition) is 1. The number of rotatable bonds is 5. The van der Waals surface area contributed by atoms with E-state index in [-0.39, 0.29) is 5.91 Å². The number of carbonyl (C=O) groups is 1. The third-order valence-electron chi connectivity index (χ3n) is 3.20. The van der Waals surface area contributed by atoms with Crippen molar-refractivity contribution in [1.29, 1.82) is 0 Å². The second-order valence-electron chi connectivity index (χ2n) is 4.68. The summed E-state index contributed by atoms with van der Waals surface area (Å²) < 4.78 is -1.55. The Morgan fingerprint density at radius 1 is 1.30 bits per heavy atom. The van der Waals surface area contributed by atoms with E-state index in [4.69, 9.17) is 34.8 Å². The summed E-state index contributed by atoms with van der Waals surface area (Å²) in [6, 6.07) is 7.31. The van der Waals surface area contributed by atoms with E-state index in [9.17, 15) is 4.79 Å². The lowest BCUT2D eigenvalue weighted by molar-refractivity contribution is -0.923. The van der Waals surface area contributed by atoms with Crippen LogP contribution in [0.15, 0.2) is 24.3 Å². The minimum Gasteiger partial charge on any atom is -0.312 e. The molecule has 0 saturated carbocycles. The van der Waals surface area contributed by atoms with Gasteiger partial charge in [0.05, 0.1) is 13.1 Å². The summed E-state index contributed by atoms with van der Waals surface area (Å²) in [5.41, 5.74) is 1.58. The SMILES string of the molecule is CC[NH+](CC)C(NC(=O)c1cccc(C)c1)C(Cl)(Cl)Cl. The molecule has 0 radical (unpaired) electrons. The van der Waals surface area contributed by atoms with E-state index in [0.29, 0.717) is 5.56 Å². The number of benzene rings is 1. The molecule has 0 spiro atoms. The molecule has 0 fully saturated rings. The second kappa shape index (κ2) is 7.51. The molecule has 0 heterocycles. The van der Waals surface area contributed by atoms with E-state index >= 15 is 0 Å². The molecule has 0 bridgehead atoms. The number of nitrogens with one attached hydrogen (secondary N) is 2. The molecule has 1 amide bonds. The predicted molar refractivity (Wildman–Crippen MR) is 84.8 cm³/mol. The highest BCUT2D eigenvalue weighted by Crippen LogP contribution is 2.28. The number of alkyl halides is 3. The standard InChI is InChI=1S/C14H19Cl3N2O/c1-4-19(5-2)13(14(15,16)17)18-12(20)11-8-6-7-10(3)9-11/h6-9,13H,4-5H2,1-3H3,(H,18,20)/p+1. The second-order valence-corrected chi connectivity index (χ2v) is 7.05. The van der Waals surface area contributed by atoms with Crippen LogP contribution in [0.4, 0.5) is 0 Å². The van der Waals surface area contributed by atoms with E-state index in [1.54, 1.807) is 6.07 Å². The highest BCUT2D eigenvalue weighted by atomic mass is 35.6. The quantitative estimate of drug-likeness (QED) is 0.627. The molecule has 1 unspecified atom stereocenters. The van der Waals surface area contributed by atoms with Crippen molar-refractivity contribution in [2.45, 2.75) is 30.7 Å². The molecule has 1 aromatic carbocycles. The van der Waals surface area contributed by atoms with Gasteiger partial charge in [0.15, 0.2) is 0 Å². The van der Waals surface area contributed by atoms with Gasteiger partial charge in [0.1, 0.15) is 0 Å². The molecule has 3 nitrogen and oxygen atoms in total. The van der Waals surface area contributed by atoms with Crippen LogP contribution in [0.3, 0.4) is 0 Å². The van der Waals surface area contributed by atoms with Crippen molar-refractivity contribution in [3.05, 3.63) is 35.4 Å². The van der Waals surface area contributed by atoms with Crippen LogP contribution in [0.1, 0.15) is 29.8 Å². The Hall–Kier alpha value is -0.480. The molecule has 20 heavy (non-hydrogen) atoms. The first-order valence-electron chi connectivity index (χ1n) is 6.58. The van der Waals surface area contributed by atoms with Gasteiger partial charge in [0.25, 0.3) is 9.70 Å². The summed E-state index contributed by atoms with van der Waals surface area (Å²) in [5.74, 6) is -0.232. The van der Waals surface area contributed by atoms with Crippen molar-refractivity contribution < 1.29 is 9.69 Å². The molecule has 0 aliphatic rings. The lowest BCUT2D eigenvalue weighted by Gasteiger charge is -2.31. The smallest absolute Gasteiger partial charge is 0.262 e. The van der Waals surface area contributed by atoms with Crippen molar-refractivity contribution >= 4 is 40.7 Å².